The van der Waals surface area contributed by atoms with E-state index >= 15 is 0 Å². The highest BCUT2D eigenvalue weighted by molar-refractivity contribution is 7.12. The Morgan fingerprint density at radius 2 is 2.11 bits per heavy atom. The highest BCUT2D eigenvalue weighted by atomic mass is 32.1. The van der Waals surface area contributed by atoms with Crippen molar-refractivity contribution >= 4 is 11.3 Å². The van der Waals surface area contributed by atoms with Crippen LogP contribution in [-0.4, -0.2) is 11.5 Å². The van der Waals surface area contributed by atoms with Gasteiger partial charge in [-0.2, -0.15) is 0 Å². The average molecular weight is 274 g/mol. The summed E-state index contributed by atoms with van der Waals surface area (Å²) < 4.78 is 0. The van der Waals surface area contributed by atoms with Crippen molar-refractivity contribution in [1.29, 1.82) is 0 Å². The number of thiophene rings is 1. The molecule has 2 aromatic heterocycles. The fourth-order valence-corrected chi connectivity index (χ4v) is 3.12. The Morgan fingerprint density at radius 1 is 1.21 bits per heavy atom. The van der Waals surface area contributed by atoms with Crippen LogP contribution in [0.2, 0.25) is 0 Å². The molecular formula is C16H22N2S. The van der Waals surface area contributed by atoms with E-state index < -0.39 is 0 Å². The number of aryl methyl sites for hydroxylation is 1. The van der Waals surface area contributed by atoms with Crippen molar-refractivity contribution in [2.75, 3.05) is 6.54 Å². The van der Waals surface area contributed by atoms with Crippen LogP contribution in [-0.2, 0) is 12.8 Å². The summed E-state index contributed by atoms with van der Waals surface area (Å²) in [6.07, 6.45) is 5.11. The van der Waals surface area contributed by atoms with Gasteiger partial charge >= 0.3 is 0 Å². The monoisotopic (exact) mass is 274 g/mol. The van der Waals surface area contributed by atoms with Crippen molar-refractivity contribution in [3.05, 3.63) is 52.0 Å². The molecule has 0 fully saturated rings. The number of hydrogen-bond acceptors (Lipinski definition) is 3. The van der Waals surface area contributed by atoms with Crippen molar-refractivity contribution in [3.63, 3.8) is 0 Å². The molecule has 0 bridgehead atoms. The van der Waals surface area contributed by atoms with E-state index in [0.29, 0.717) is 6.04 Å². The molecule has 0 saturated heterocycles. The van der Waals surface area contributed by atoms with E-state index in [1.165, 1.54) is 9.75 Å². The standard InChI is InChI=1S/C16H22N2S/c1-3-10-18-15(12-13-7-5-6-11-17-13)16-9-8-14(4-2)19-16/h5-9,11,15,18H,3-4,10,12H2,1-2H3. The van der Waals surface area contributed by atoms with Gasteiger partial charge in [-0.15, -0.1) is 11.3 Å². The number of nitrogens with one attached hydrogen (secondary N) is 1. The van der Waals surface area contributed by atoms with E-state index in [4.69, 9.17) is 0 Å². The molecular weight excluding hydrogens is 252 g/mol. The minimum atomic E-state index is 0.389. The normalized spacial score (nSPS) is 12.5. The summed E-state index contributed by atoms with van der Waals surface area (Å²) >= 11 is 1.92. The van der Waals surface area contributed by atoms with E-state index in [2.05, 4.69) is 48.4 Å². The molecule has 102 valence electrons. The molecule has 0 aliphatic heterocycles. The Balaban J connectivity index is 2.11. The highest BCUT2D eigenvalue weighted by Gasteiger charge is 2.14. The van der Waals surface area contributed by atoms with Gasteiger partial charge in [-0.25, -0.2) is 0 Å². The highest BCUT2D eigenvalue weighted by Crippen LogP contribution is 2.26. The Morgan fingerprint density at radius 3 is 2.74 bits per heavy atom. The van der Waals surface area contributed by atoms with Gasteiger partial charge in [0.1, 0.15) is 0 Å². The SMILES string of the molecule is CCCNC(Cc1ccccn1)c1ccc(CC)s1. The van der Waals surface area contributed by atoms with E-state index in [9.17, 15) is 0 Å². The lowest BCUT2D eigenvalue weighted by Gasteiger charge is -2.16. The summed E-state index contributed by atoms with van der Waals surface area (Å²) in [5.41, 5.74) is 1.16. The zero-order chi connectivity index (χ0) is 13.5. The van der Waals surface area contributed by atoms with Crippen LogP contribution in [0.5, 0.6) is 0 Å². The first-order valence-corrected chi connectivity index (χ1v) is 7.87. The van der Waals surface area contributed by atoms with Gasteiger partial charge < -0.3 is 5.32 Å². The van der Waals surface area contributed by atoms with Crippen LogP contribution in [0.1, 0.15) is 41.8 Å². The quantitative estimate of drug-likeness (QED) is 0.826. The third kappa shape index (κ3) is 4.15. The predicted molar refractivity (Wildman–Crippen MR) is 82.7 cm³/mol. The first kappa shape index (κ1) is 14.2. The molecule has 0 radical (unpaired) electrons. The van der Waals surface area contributed by atoms with Gasteiger partial charge in [0, 0.05) is 34.1 Å². The summed E-state index contributed by atoms with van der Waals surface area (Å²) in [5.74, 6) is 0. The second-order valence-corrected chi connectivity index (χ2v) is 5.89. The summed E-state index contributed by atoms with van der Waals surface area (Å²) in [5, 5.41) is 3.64. The summed E-state index contributed by atoms with van der Waals surface area (Å²) in [4.78, 5) is 7.33. The maximum absolute atomic E-state index is 4.44. The maximum Gasteiger partial charge on any atom is 0.0470 e. The predicted octanol–water partition coefficient (Wildman–Crippen LogP) is 3.99. The molecule has 2 aromatic rings. The van der Waals surface area contributed by atoms with Crippen LogP contribution >= 0.6 is 11.3 Å². The van der Waals surface area contributed by atoms with E-state index in [1.807, 2.05) is 23.6 Å². The first-order valence-electron chi connectivity index (χ1n) is 7.05. The van der Waals surface area contributed by atoms with Gasteiger partial charge in [-0.1, -0.05) is 19.9 Å². The molecule has 1 atom stereocenters. The second-order valence-electron chi connectivity index (χ2n) is 4.69. The number of nitrogens with zero attached hydrogens (tertiary/aromatic N) is 1. The Bertz CT molecular complexity index is 479. The lowest BCUT2D eigenvalue weighted by atomic mass is 10.1. The second kappa shape index (κ2) is 7.41. The summed E-state index contributed by atoms with van der Waals surface area (Å²) in [7, 11) is 0. The minimum Gasteiger partial charge on any atom is -0.309 e. The van der Waals surface area contributed by atoms with Crippen molar-refractivity contribution < 1.29 is 0 Å². The van der Waals surface area contributed by atoms with Crippen LogP contribution in [0.4, 0.5) is 0 Å². The Labute approximate surface area is 119 Å². The van der Waals surface area contributed by atoms with Crippen molar-refractivity contribution in [1.82, 2.24) is 10.3 Å². The van der Waals surface area contributed by atoms with E-state index in [1.54, 1.807) is 0 Å². The molecule has 2 nitrogen and oxygen atoms in total. The number of rotatable bonds is 7. The zero-order valence-corrected chi connectivity index (χ0v) is 12.5. The maximum atomic E-state index is 4.44. The Kier molecular flexibility index (Phi) is 5.55. The van der Waals surface area contributed by atoms with Gasteiger partial charge in [0.15, 0.2) is 0 Å². The molecule has 3 heteroatoms. The number of hydrogen-bond donors (Lipinski definition) is 1. The van der Waals surface area contributed by atoms with Crippen LogP contribution in [0.3, 0.4) is 0 Å². The van der Waals surface area contributed by atoms with Gasteiger partial charge in [-0.05, 0) is 43.7 Å². The molecule has 2 rings (SSSR count). The topological polar surface area (TPSA) is 24.9 Å². The molecule has 0 aliphatic rings. The lowest BCUT2D eigenvalue weighted by molar-refractivity contribution is 0.531. The number of pyridine rings is 1. The van der Waals surface area contributed by atoms with Crippen LogP contribution < -0.4 is 5.32 Å². The molecule has 19 heavy (non-hydrogen) atoms. The number of aromatic nitrogens is 1. The summed E-state index contributed by atoms with van der Waals surface area (Å²) in [6.45, 7) is 5.47. The van der Waals surface area contributed by atoms with Crippen molar-refractivity contribution in [3.8, 4) is 0 Å². The molecule has 0 amide bonds. The van der Waals surface area contributed by atoms with Crippen molar-refractivity contribution in [2.24, 2.45) is 0 Å². The fraction of sp³-hybridized carbons (Fsp3) is 0.438. The molecule has 1 unspecified atom stereocenters. The minimum absolute atomic E-state index is 0.389. The van der Waals surface area contributed by atoms with Crippen LogP contribution in [0.15, 0.2) is 36.5 Å². The van der Waals surface area contributed by atoms with Crippen LogP contribution in [0, 0.1) is 0 Å². The van der Waals surface area contributed by atoms with E-state index in [-0.39, 0.29) is 0 Å². The smallest absolute Gasteiger partial charge is 0.0470 e. The third-order valence-corrected chi connectivity index (χ3v) is 4.50. The molecule has 0 spiro atoms. The Hall–Kier alpha value is -1.19. The van der Waals surface area contributed by atoms with E-state index in [0.717, 1.165) is 31.5 Å². The van der Waals surface area contributed by atoms with Gasteiger partial charge in [-0.3, -0.25) is 4.98 Å². The lowest BCUT2D eigenvalue weighted by Crippen LogP contribution is -2.23. The average Bonchev–Trinajstić information content (AvgIpc) is 2.93. The molecule has 0 saturated carbocycles. The molecule has 0 aliphatic carbocycles. The van der Waals surface area contributed by atoms with Gasteiger partial charge in [0.05, 0.1) is 0 Å². The summed E-state index contributed by atoms with van der Waals surface area (Å²) in [6, 6.07) is 11.0. The zero-order valence-electron chi connectivity index (χ0n) is 11.7. The van der Waals surface area contributed by atoms with Crippen molar-refractivity contribution in [2.45, 2.75) is 39.2 Å². The fourth-order valence-electron chi connectivity index (χ4n) is 2.09. The molecule has 2 heterocycles. The molecule has 1 N–H and O–H groups in total. The van der Waals surface area contributed by atoms with Crippen LogP contribution in [0.25, 0.3) is 0 Å². The van der Waals surface area contributed by atoms with Gasteiger partial charge in [0.25, 0.3) is 0 Å². The molecule has 0 aromatic carbocycles. The van der Waals surface area contributed by atoms with Gasteiger partial charge in [0.2, 0.25) is 0 Å². The first-order chi connectivity index (χ1) is 9.33. The third-order valence-electron chi connectivity index (χ3n) is 3.15. The largest absolute Gasteiger partial charge is 0.309 e.